The Morgan fingerprint density at radius 3 is 2.42 bits per heavy atom. The predicted molar refractivity (Wildman–Crippen MR) is 89.0 cm³/mol. The molecule has 0 bridgehead atoms. The van der Waals surface area contributed by atoms with E-state index in [0.29, 0.717) is 30.0 Å². The second-order valence-corrected chi connectivity index (χ2v) is 5.66. The van der Waals surface area contributed by atoms with E-state index in [0.717, 1.165) is 18.5 Å². The summed E-state index contributed by atoms with van der Waals surface area (Å²) in [6.45, 7) is 1.39. The van der Waals surface area contributed by atoms with Crippen LogP contribution in [-0.2, 0) is 11.3 Å². The second-order valence-electron chi connectivity index (χ2n) is 5.66. The Balaban J connectivity index is 1.66. The van der Waals surface area contributed by atoms with Crippen molar-refractivity contribution < 1.29 is 19.1 Å². The van der Waals surface area contributed by atoms with Crippen LogP contribution in [0.25, 0.3) is 0 Å². The highest BCUT2D eigenvalue weighted by molar-refractivity contribution is 5.91. The Morgan fingerprint density at radius 2 is 1.79 bits per heavy atom. The van der Waals surface area contributed by atoms with Crippen LogP contribution in [-0.4, -0.2) is 30.4 Å². The molecular weight excluding hydrogens is 306 g/mol. The first-order chi connectivity index (χ1) is 11.7. The summed E-state index contributed by atoms with van der Waals surface area (Å²) in [6, 6.07) is 14.1. The maximum atomic E-state index is 12.2. The number of hydrogen-bond donors (Lipinski definition) is 0. The average Bonchev–Trinajstić information content (AvgIpc) is 3.01. The fourth-order valence-corrected chi connectivity index (χ4v) is 2.70. The second kappa shape index (κ2) is 7.17. The first-order valence-electron chi connectivity index (χ1n) is 7.89. The summed E-state index contributed by atoms with van der Waals surface area (Å²) >= 11 is 0. The quantitative estimate of drug-likeness (QED) is 0.626. The fourth-order valence-electron chi connectivity index (χ4n) is 2.70. The molecule has 0 N–H and O–H groups in total. The molecule has 0 aromatic heterocycles. The van der Waals surface area contributed by atoms with Crippen molar-refractivity contribution in [3.8, 4) is 11.5 Å². The molecule has 1 amide bonds. The molecule has 0 aliphatic carbocycles. The van der Waals surface area contributed by atoms with Crippen molar-refractivity contribution in [1.29, 1.82) is 0 Å². The zero-order valence-corrected chi connectivity index (χ0v) is 13.5. The third-order valence-electron chi connectivity index (χ3n) is 4.01. The van der Waals surface area contributed by atoms with Crippen molar-refractivity contribution in [2.24, 2.45) is 0 Å². The minimum Gasteiger partial charge on any atom is -0.493 e. The highest BCUT2D eigenvalue weighted by atomic mass is 16.6. The Hall–Kier alpha value is -2.82. The van der Waals surface area contributed by atoms with Crippen LogP contribution in [0.15, 0.2) is 48.5 Å². The van der Waals surface area contributed by atoms with Gasteiger partial charge in [0, 0.05) is 19.5 Å². The highest BCUT2D eigenvalue weighted by Gasteiger charge is 2.20. The van der Waals surface area contributed by atoms with Crippen LogP contribution in [0.3, 0.4) is 0 Å². The van der Waals surface area contributed by atoms with Gasteiger partial charge in [-0.2, -0.15) is 0 Å². The molecule has 3 rings (SSSR count). The Kier molecular flexibility index (Phi) is 4.79. The molecule has 5 heteroatoms. The number of rotatable bonds is 5. The third kappa shape index (κ3) is 3.56. The van der Waals surface area contributed by atoms with Crippen LogP contribution >= 0.6 is 0 Å². The lowest BCUT2D eigenvalue weighted by Crippen LogP contribution is -2.23. The zero-order chi connectivity index (χ0) is 16.9. The first kappa shape index (κ1) is 16.1. The van der Waals surface area contributed by atoms with Crippen LogP contribution in [0.1, 0.15) is 28.8 Å². The standard InChI is InChI=1S/C19H19NO4/c1-23-16-5-2-3-6-17(16)24-19(22)15-10-8-14(9-11-15)13-20-12-4-7-18(20)21/h2-3,5-6,8-11H,4,7,12-13H2,1H3. The van der Waals surface area contributed by atoms with Gasteiger partial charge in [-0.3, -0.25) is 4.79 Å². The zero-order valence-electron chi connectivity index (χ0n) is 13.5. The van der Waals surface area contributed by atoms with E-state index in [4.69, 9.17) is 9.47 Å². The van der Waals surface area contributed by atoms with Crippen LogP contribution in [0, 0.1) is 0 Å². The molecular formula is C19H19NO4. The van der Waals surface area contributed by atoms with E-state index < -0.39 is 5.97 Å². The molecule has 0 saturated carbocycles. The summed E-state index contributed by atoms with van der Waals surface area (Å²) < 4.78 is 10.6. The lowest BCUT2D eigenvalue weighted by Gasteiger charge is -2.15. The molecule has 124 valence electrons. The van der Waals surface area contributed by atoms with Crippen molar-refractivity contribution in [3.05, 3.63) is 59.7 Å². The average molecular weight is 325 g/mol. The molecule has 2 aromatic carbocycles. The van der Waals surface area contributed by atoms with Gasteiger partial charge in [-0.15, -0.1) is 0 Å². The Bertz CT molecular complexity index is 739. The molecule has 0 unspecified atom stereocenters. The van der Waals surface area contributed by atoms with Gasteiger partial charge in [-0.25, -0.2) is 4.79 Å². The molecule has 0 atom stereocenters. The predicted octanol–water partition coefficient (Wildman–Crippen LogP) is 3.04. The molecule has 0 spiro atoms. The van der Waals surface area contributed by atoms with Gasteiger partial charge < -0.3 is 14.4 Å². The minimum absolute atomic E-state index is 0.189. The van der Waals surface area contributed by atoms with Gasteiger partial charge in [0.1, 0.15) is 0 Å². The number of methoxy groups -OCH3 is 1. The molecule has 2 aromatic rings. The van der Waals surface area contributed by atoms with Crippen LogP contribution in [0.2, 0.25) is 0 Å². The van der Waals surface area contributed by atoms with Crippen LogP contribution < -0.4 is 9.47 Å². The molecule has 0 radical (unpaired) electrons. The normalized spacial score (nSPS) is 13.9. The topological polar surface area (TPSA) is 55.8 Å². The summed E-state index contributed by atoms with van der Waals surface area (Å²) in [4.78, 5) is 25.7. The Morgan fingerprint density at radius 1 is 1.08 bits per heavy atom. The van der Waals surface area contributed by atoms with E-state index in [1.807, 2.05) is 23.1 Å². The number of ether oxygens (including phenoxy) is 2. The first-order valence-corrected chi connectivity index (χ1v) is 7.89. The summed E-state index contributed by atoms with van der Waals surface area (Å²) in [5.74, 6) is 0.643. The maximum absolute atomic E-state index is 12.2. The fraction of sp³-hybridized carbons (Fsp3) is 0.263. The summed E-state index contributed by atoms with van der Waals surface area (Å²) in [7, 11) is 1.53. The van der Waals surface area contributed by atoms with Crippen LogP contribution in [0.4, 0.5) is 0 Å². The van der Waals surface area contributed by atoms with E-state index in [9.17, 15) is 9.59 Å². The number of likely N-dealkylation sites (tertiary alicyclic amines) is 1. The monoisotopic (exact) mass is 325 g/mol. The molecule has 1 saturated heterocycles. The van der Waals surface area contributed by atoms with E-state index in [-0.39, 0.29) is 5.91 Å². The lowest BCUT2D eigenvalue weighted by atomic mass is 10.1. The van der Waals surface area contributed by atoms with Gasteiger partial charge in [-0.05, 0) is 36.2 Å². The van der Waals surface area contributed by atoms with Crippen LogP contribution in [0.5, 0.6) is 11.5 Å². The largest absolute Gasteiger partial charge is 0.493 e. The molecule has 24 heavy (non-hydrogen) atoms. The van der Waals surface area contributed by atoms with Crippen molar-refractivity contribution >= 4 is 11.9 Å². The summed E-state index contributed by atoms with van der Waals surface area (Å²) in [5, 5.41) is 0. The van der Waals surface area contributed by atoms with E-state index in [1.165, 1.54) is 7.11 Å². The minimum atomic E-state index is -0.441. The number of nitrogens with zero attached hydrogens (tertiary/aromatic N) is 1. The van der Waals surface area contributed by atoms with E-state index >= 15 is 0 Å². The van der Waals surface area contributed by atoms with Gasteiger partial charge in [0.15, 0.2) is 11.5 Å². The molecule has 1 fully saturated rings. The van der Waals surface area contributed by atoms with Gasteiger partial charge in [0.05, 0.1) is 12.7 Å². The lowest BCUT2D eigenvalue weighted by molar-refractivity contribution is -0.128. The number of carbonyl (C=O) groups excluding carboxylic acids is 2. The van der Waals surface area contributed by atoms with Crippen molar-refractivity contribution in [3.63, 3.8) is 0 Å². The van der Waals surface area contributed by atoms with Gasteiger partial charge in [0.2, 0.25) is 5.91 Å². The summed E-state index contributed by atoms with van der Waals surface area (Å²) in [5.41, 5.74) is 1.46. The highest BCUT2D eigenvalue weighted by Crippen LogP contribution is 2.26. The smallest absolute Gasteiger partial charge is 0.343 e. The number of carbonyl (C=O) groups is 2. The molecule has 1 aliphatic rings. The van der Waals surface area contributed by atoms with Crippen molar-refractivity contribution in [2.45, 2.75) is 19.4 Å². The number of esters is 1. The number of hydrogen-bond acceptors (Lipinski definition) is 4. The third-order valence-corrected chi connectivity index (χ3v) is 4.01. The molecule has 1 heterocycles. The van der Waals surface area contributed by atoms with Gasteiger partial charge >= 0.3 is 5.97 Å². The SMILES string of the molecule is COc1ccccc1OC(=O)c1ccc(CN2CCCC2=O)cc1. The summed E-state index contributed by atoms with van der Waals surface area (Å²) in [6.07, 6.45) is 1.55. The van der Waals surface area contributed by atoms with E-state index in [2.05, 4.69) is 0 Å². The molecule has 5 nitrogen and oxygen atoms in total. The Labute approximate surface area is 140 Å². The van der Waals surface area contributed by atoms with Gasteiger partial charge in [0.25, 0.3) is 0 Å². The van der Waals surface area contributed by atoms with Gasteiger partial charge in [-0.1, -0.05) is 24.3 Å². The maximum Gasteiger partial charge on any atom is 0.343 e. The molecule has 1 aliphatic heterocycles. The number of amides is 1. The number of para-hydroxylation sites is 2. The number of benzene rings is 2. The van der Waals surface area contributed by atoms with E-state index in [1.54, 1.807) is 30.3 Å². The van der Waals surface area contributed by atoms with Crippen molar-refractivity contribution in [2.75, 3.05) is 13.7 Å². The van der Waals surface area contributed by atoms with Crippen molar-refractivity contribution in [1.82, 2.24) is 4.90 Å².